The predicted octanol–water partition coefficient (Wildman–Crippen LogP) is 5.73. The number of carbonyl (C=O) groups excluding carboxylic acids is 2. The zero-order valence-corrected chi connectivity index (χ0v) is 23.5. The first kappa shape index (κ1) is 28.5. The Hall–Kier alpha value is -3.04. The average Bonchev–Trinajstić information content (AvgIpc) is 3.78. The van der Waals surface area contributed by atoms with Crippen molar-refractivity contribution in [3.05, 3.63) is 99.0 Å². The van der Waals surface area contributed by atoms with Crippen LogP contribution in [0.2, 0.25) is 10.0 Å². The normalized spacial score (nSPS) is 23.6. The van der Waals surface area contributed by atoms with Gasteiger partial charge >= 0.3 is 5.97 Å². The average molecular weight is 587 g/mol. The minimum absolute atomic E-state index is 0.0372. The van der Waals surface area contributed by atoms with Gasteiger partial charge in [0.05, 0.1) is 36.4 Å². The Bertz CT molecular complexity index is 1420. The van der Waals surface area contributed by atoms with Crippen LogP contribution in [0, 0.1) is 11.7 Å². The lowest BCUT2D eigenvalue weighted by molar-refractivity contribution is -0.205. The van der Waals surface area contributed by atoms with Gasteiger partial charge in [-0.05, 0) is 73.2 Å². The molecule has 1 amide bonds. The predicted molar refractivity (Wildman–Crippen MR) is 148 cm³/mol. The van der Waals surface area contributed by atoms with Crippen LogP contribution in [-0.4, -0.2) is 52.2 Å². The van der Waals surface area contributed by atoms with Crippen molar-refractivity contribution in [1.82, 2.24) is 9.88 Å². The fourth-order valence-corrected chi connectivity index (χ4v) is 5.75. The number of carbonyl (C=O) groups is 2. The number of ether oxygens (including phenoxy) is 2. The molecule has 3 aromatic rings. The molecule has 7 nitrogen and oxygen atoms in total. The molecule has 40 heavy (non-hydrogen) atoms. The third kappa shape index (κ3) is 5.59. The monoisotopic (exact) mass is 586 g/mol. The molecule has 1 N–H and O–H groups in total. The van der Waals surface area contributed by atoms with Crippen LogP contribution in [0.15, 0.2) is 60.8 Å². The number of pyridine rings is 1. The standard InChI is InChI=1S/C30H29Cl2FN2O5/c1-30(14-22-10-8-20(15-34-22)28(37)39-2)29(38)35(25(16-36)17-6-7-17)26(18-9-11-23(32)24(33)13-18)27(40-30)19-4-3-5-21(31)12-19/h3-5,8-13,15,17,25-27,36H,6-7,14,16H2,1-2H3/t25?,26?,27-,30-/m1/s1. The summed E-state index contributed by atoms with van der Waals surface area (Å²) >= 11 is 12.4. The minimum Gasteiger partial charge on any atom is -0.465 e. The molecule has 0 bridgehead atoms. The fourth-order valence-electron chi connectivity index (χ4n) is 5.44. The van der Waals surface area contributed by atoms with E-state index in [0.717, 1.165) is 12.8 Å². The molecule has 1 aliphatic carbocycles. The van der Waals surface area contributed by atoms with Crippen LogP contribution in [0.25, 0.3) is 0 Å². The van der Waals surface area contributed by atoms with Crippen LogP contribution in [0.1, 0.15) is 59.1 Å². The van der Waals surface area contributed by atoms with E-state index in [4.69, 9.17) is 32.7 Å². The molecule has 2 unspecified atom stereocenters. The van der Waals surface area contributed by atoms with Gasteiger partial charge in [0, 0.05) is 23.3 Å². The molecule has 4 atom stereocenters. The summed E-state index contributed by atoms with van der Waals surface area (Å²) in [7, 11) is 1.29. The number of rotatable bonds is 8. The zero-order valence-electron chi connectivity index (χ0n) is 22.0. The summed E-state index contributed by atoms with van der Waals surface area (Å²) in [5.74, 6) is -1.38. The maximum atomic E-state index is 14.8. The Labute approximate surface area is 241 Å². The van der Waals surface area contributed by atoms with Crippen LogP contribution in [-0.2, 0) is 20.7 Å². The molecule has 2 fully saturated rings. The zero-order chi connectivity index (χ0) is 28.6. The van der Waals surface area contributed by atoms with E-state index in [-0.39, 0.29) is 35.4 Å². The van der Waals surface area contributed by atoms with E-state index in [9.17, 15) is 19.1 Å². The van der Waals surface area contributed by atoms with E-state index in [1.54, 1.807) is 48.2 Å². The number of aromatic nitrogens is 1. The lowest BCUT2D eigenvalue weighted by Gasteiger charge is -2.51. The Morgan fingerprint density at radius 1 is 1.20 bits per heavy atom. The summed E-state index contributed by atoms with van der Waals surface area (Å²) in [4.78, 5) is 32.4. The van der Waals surface area contributed by atoms with Gasteiger partial charge in [-0.2, -0.15) is 0 Å². The van der Waals surface area contributed by atoms with Crippen LogP contribution < -0.4 is 0 Å². The first-order chi connectivity index (χ1) is 19.1. The highest BCUT2D eigenvalue weighted by atomic mass is 35.5. The van der Waals surface area contributed by atoms with Gasteiger partial charge in [-0.3, -0.25) is 9.78 Å². The molecular weight excluding hydrogens is 558 g/mol. The highest BCUT2D eigenvalue weighted by Gasteiger charge is 2.55. The second-order valence-corrected chi connectivity index (χ2v) is 11.3. The number of benzene rings is 2. The summed E-state index contributed by atoms with van der Waals surface area (Å²) in [6.07, 6.45) is 2.46. The molecule has 1 aromatic heterocycles. The molecule has 0 radical (unpaired) electrons. The number of nitrogens with zero attached hydrogens (tertiary/aromatic N) is 2. The van der Waals surface area contributed by atoms with E-state index in [1.807, 2.05) is 6.07 Å². The molecule has 10 heteroatoms. The van der Waals surface area contributed by atoms with Gasteiger partial charge in [-0.25, -0.2) is 9.18 Å². The topological polar surface area (TPSA) is 89.0 Å². The lowest BCUT2D eigenvalue weighted by atomic mass is 9.85. The van der Waals surface area contributed by atoms with E-state index >= 15 is 0 Å². The SMILES string of the molecule is COC(=O)c1ccc(C[C@@]2(C)O[C@H](c3cccc(Cl)c3)C(c3ccc(Cl)c(F)c3)N(C(CO)C3CC3)C2=O)nc1. The summed E-state index contributed by atoms with van der Waals surface area (Å²) in [5.41, 5.74) is 0.581. The number of aliphatic hydroxyl groups is 1. The number of morpholine rings is 1. The van der Waals surface area contributed by atoms with Gasteiger partial charge in [0.1, 0.15) is 11.9 Å². The molecule has 2 heterocycles. The van der Waals surface area contributed by atoms with Crippen LogP contribution >= 0.6 is 23.2 Å². The largest absolute Gasteiger partial charge is 0.465 e. The molecule has 210 valence electrons. The van der Waals surface area contributed by atoms with Crippen molar-refractivity contribution < 1.29 is 28.6 Å². The summed E-state index contributed by atoms with van der Waals surface area (Å²) < 4.78 is 26.2. The highest BCUT2D eigenvalue weighted by Crippen LogP contribution is 2.50. The van der Waals surface area contributed by atoms with Crippen LogP contribution in [0.4, 0.5) is 4.39 Å². The van der Waals surface area contributed by atoms with Crippen molar-refractivity contribution in [2.45, 2.75) is 50.0 Å². The number of hydrogen-bond donors (Lipinski definition) is 1. The lowest BCUT2D eigenvalue weighted by Crippen LogP contribution is -2.62. The van der Waals surface area contributed by atoms with Crippen molar-refractivity contribution in [2.75, 3.05) is 13.7 Å². The van der Waals surface area contributed by atoms with Gasteiger partial charge in [-0.1, -0.05) is 41.4 Å². The van der Waals surface area contributed by atoms with Crippen LogP contribution in [0.5, 0.6) is 0 Å². The highest BCUT2D eigenvalue weighted by molar-refractivity contribution is 6.31. The number of halogens is 3. The maximum absolute atomic E-state index is 14.8. The van der Waals surface area contributed by atoms with Gasteiger partial charge < -0.3 is 19.5 Å². The molecule has 1 aliphatic heterocycles. The van der Waals surface area contributed by atoms with E-state index < -0.39 is 35.6 Å². The molecular formula is C30H29Cl2FN2O5. The van der Waals surface area contributed by atoms with E-state index in [0.29, 0.717) is 21.8 Å². The summed E-state index contributed by atoms with van der Waals surface area (Å²) in [6, 6.07) is 13.5. The third-order valence-electron chi connectivity index (χ3n) is 7.60. The Morgan fingerprint density at radius 2 is 1.98 bits per heavy atom. The van der Waals surface area contributed by atoms with Gasteiger partial charge in [0.15, 0.2) is 5.60 Å². The number of amides is 1. The van der Waals surface area contributed by atoms with Gasteiger partial charge in [-0.15, -0.1) is 0 Å². The van der Waals surface area contributed by atoms with Crippen molar-refractivity contribution >= 4 is 35.1 Å². The van der Waals surface area contributed by atoms with Crippen molar-refractivity contribution in [3.63, 3.8) is 0 Å². The van der Waals surface area contributed by atoms with Gasteiger partial charge in [0.2, 0.25) is 0 Å². The Balaban J connectivity index is 1.62. The second kappa shape index (κ2) is 11.4. The maximum Gasteiger partial charge on any atom is 0.339 e. The first-order valence-electron chi connectivity index (χ1n) is 13.0. The molecule has 2 aromatic carbocycles. The number of hydrogen-bond acceptors (Lipinski definition) is 6. The van der Waals surface area contributed by atoms with Crippen molar-refractivity contribution in [1.29, 1.82) is 0 Å². The van der Waals surface area contributed by atoms with E-state index in [2.05, 4.69) is 4.98 Å². The number of aliphatic hydroxyl groups excluding tert-OH is 1. The minimum atomic E-state index is -1.41. The number of esters is 1. The second-order valence-electron chi connectivity index (χ2n) is 10.4. The molecule has 0 spiro atoms. The van der Waals surface area contributed by atoms with Gasteiger partial charge in [0.25, 0.3) is 5.91 Å². The molecule has 2 aliphatic rings. The smallest absolute Gasteiger partial charge is 0.339 e. The fraction of sp³-hybridized carbons (Fsp3) is 0.367. The van der Waals surface area contributed by atoms with Crippen molar-refractivity contribution in [3.8, 4) is 0 Å². The molecule has 1 saturated heterocycles. The summed E-state index contributed by atoms with van der Waals surface area (Å²) in [6.45, 7) is 1.43. The van der Waals surface area contributed by atoms with Crippen LogP contribution in [0.3, 0.4) is 0 Å². The summed E-state index contributed by atoms with van der Waals surface area (Å²) in [5, 5.41) is 11.0. The van der Waals surface area contributed by atoms with E-state index in [1.165, 1.54) is 25.4 Å². The Kier molecular flexibility index (Phi) is 8.15. The molecule has 1 saturated carbocycles. The van der Waals surface area contributed by atoms with Crippen molar-refractivity contribution in [2.24, 2.45) is 5.92 Å². The molecule has 5 rings (SSSR count). The quantitative estimate of drug-likeness (QED) is 0.339. The first-order valence-corrected chi connectivity index (χ1v) is 13.8. The third-order valence-corrected chi connectivity index (χ3v) is 8.14. The number of methoxy groups -OCH3 is 1. The Morgan fingerprint density at radius 3 is 2.58 bits per heavy atom.